The summed E-state index contributed by atoms with van der Waals surface area (Å²) in [5, 5.41) is 15.7. The molecule has 12 nitrogen and oxygen atoms in total. The molecule has 0 fully saturated rings. The van der Waals surface area contributed by atoms with Gasteiger partial charge in [0.25, 0.3) is 11.8 Å². The second-order valence-corrected chi connectivity index (χ2v) is 11.0. The van der Waals surface area contributed by atoms with E-state index in [1.54, 1.807) is 21.3 Å². The van der Waals surface area contributed by atoms with Crippen LogP contribution >= 0.6 is 0 Å². The van der Waals surface area contributed by atoms with Crippen LogP contribution in [0.15, 0.2) is 36.4 Å². The summed E-state index contributed by atoms with van der Waals surface area (Å²) < 4.78 is 22.3. The minimum atomic E-state index is -0.982. The van der Waals surface area contributed by atoms with Crippen LogP contribution in [0.5, 0.6) is 5.75 Å². The summed E-state index contributed by atoms with van der Waals surface area (Å²) in [6, 6.07) is 7.50. The number of nitrogens with zero attached hydrogens (tertiary/aromatic N) is 1. The van der Waals surface area contributed by atoms with Crippen LogP contribution < -0.4 is 20.8 Å². The van der Waals surface area contributed by atoms with E-state index in [-0.39, 0.29) is 37.8 Å². The number of carbonyl (C=O) groups is 4. The van der Waals surface area contributed by atoms with Gasteiger partial charge in [-0.2, -0.15) is 0 Å². The number of ether oxygens (including phenoxy) is 3. The molecule has 3 N–H and O–H groups in total. The molecule has 0 atom stereocenters. The molecule has 43 heavy (non-hydrogen) atoms. The van der Waals surface area contributed by atoms with E-state index in [9.17, 15) is 24.3 Å². The Bertz CT molecular complexity index is 1050. The van der Waals surface area contributed by atoms with Gasteiger partial charge in [0.1, 0.15) is 5.75 Å². The smallest absolute Gasteiger partial charge is 0.330 e. The summed E-state index contributed by atoms with van der Waals surface area (Å²) in [7, 11) is 1.63. The zero-order valence-electron chi connectivity index (χ0n) is 25.7. The van der Waals surface area contributed by atoms with Crippen LogP contribution in [0.2, 0.25) is 0 Å². The first-order valence-electron chi connectivity index (χ1n) is 14.6. The molecule has 0 saturated carbocycles. The Morgan fingerprint density at radius 3 is 2.07 bits per heavy atom. The minimum absolute atomic E-state index is 0.0354. The maximum atomic E-state index is 11.9. The number of benzene rings is 1. The van der Waals surface area contributed by atoms with Crippen LogP contribution in [0.3, 0.4) is 0 Å². The van der Waals surface area contributed by atoms with E-state index < -0.39 is 23.0 Å². The normalized spacial score (nSPS) is 13.4. The topological polar surface area (TPSA) is 153 Å². The van der Waals surface area contributed by atoms with Gasteiger partial charge in [0.15, 0.2) is 0 Å². The number of amides is 4. The molecule has 1 aromatic rings. The molecule has 1 aliphatic heterocycles. The van der Waals surface area contributed by atoms with Crippen molar-refractivity contribution in [2.45, 2.75) is 64.6 Å². The highest BCUT2D eigenvalue weighted by molar-refractivity contribution is 6.47. The van der Waals surface area contributed by atoms with E-state index in [0.717, 1.165) is 29.0 Å². The molecule has 1 aromatic carbocycles. The standard InChI is InChI=1S/C30H45BN3O9/c1-29(2,39)30(3,4)43-31-23-7-9-24(10-8-23)42-18-6-5-15-32-26(36)14-19-40-21-22-41-20-16-33-25(35)13-17-34-27(37)11-12-28(34)38/h7-12,39H,5-6,13-22H2,1-4H3,(H,32,36)(H,33,35). The second kappa shape index (κ2) is 18.4. The summed E-state index contributed by atoms with van der Waals surface area (Å²) in [4.78, 5) is 47.6. The summed E-state index contributed by atoms with van der Waals surface area (Å²) >= 11 is 0. The first kappa shape index (κ1) is 35.9. The molecule has 1 heterocycles. The van der Waals surface area contributed by atoms with E-state index in [0.29, 0.717) is 39.5 Å². The zero-order chi connectivity index (χ0) is 31.7. The van der Waals surface area contributed by atoms with Crippen LogP contribution in [-0.2, 0) is 33.3 Å². The Labute approximate surface area is 254 Å². The molecular formula is C30H45BN3O9. The fourth-order valence-electron chi connectivity index (χ4n) is 3.44. The number of nitrogens with one attached hydrogen (secondary N) is 2. The Balaban J connectivity index is 1.38. The van der Waals surface area contributed by atoms with E-state index in [1.165, 1.54) is 12.2 Å². The number of hydrogen-bond acceptors (Lipinski definition) is 9. The summed E-state index contributed by atoms with van der Waals surface area (Å²) in [6.45, 7) is 9.76. The highest BCUT2D eigenvalue weighted by atomic mass is 16.5. The fourth-order valence-corrected chi connectivity index (χ4v) is 3.44. The van der Waals surface area contributed by atoms with Crippen LogP contribution in [0, 0.1) is 0 Å². The third kappa shape index (κ3) is 14.2. The van der Waals surface area contributed by atoms with Crippen molar-refractivity contribution in [3.63, 3.8) is 0 Å². The molecule has 0 bridgehead atoms. The number of aliphatic hydroxyl groups is 1. The molecule has 0 aliphatic carbocycles. The van der Waals surface area contributed by atoms with Crippen LogP contribution in [0.25, 0.3) is 0 Å². The number of imide groups is 1. The Hall–Kier alpha value is -3.26. The molecule has 2 rings (SSSR count). The van der Waals surface area contributed by atoms with Crippen molar-refractivity contribution in [1.29, 1.82) is 0 Å². The Morgan fingerprint density at radius 2 is 1.42 bits per heavy atom. The van der Waals surface area contributed by atoms with Gasteiger partial charge in [0.2, 0.25) is 11.8 Å². The zero-order valence-corrected chi connectivity index (χ0v) is 25.7. The number of carbonyl (C=O) groups excluding carboxylic acids is 4. The predicted molar refractivity (Wildman–Crippen MR) is 161 cm³/mol. The molecule has 1 aliphatic rings. The fraction of sp³-hybridized carbons (Fsp3) is 0.600. The van der Waals surface area contributed by atoms with Crippen LogP contribution in [0.1, 0.15) is 53.4 Å². The maximum absolute atomic E-state index is 11.9. The third-order valence-corrected chi connectivity index (χ3v) is 6.88. The van der Waals surface area contributed by atoms with Crippen molar-refractivity contribution in [2.24, 2.45) is 0 Å². The van der Waals surface area contributed by atoms with Crippen molar-refractivity contribution in [3.05, 3.63) is 36.4 Å². The van der Waals surface area contributed by atoms with E-state index >= 15 is 0 Å². The Morgan fingerprint density at radius 1 is 0.814 bits per heavy atom. The average molecular weight is 603 g/mol. The minimum Gasteiger partial charge on any atom is -0.494 e. The van der Waals surface area contributed by atoms with Crippen LogP contribution in [-0.4, -0.2) is 105 Å². The number of unbranched alkanes of at least 4 members (excludes halogenated alkanes) is 1. The van der Waals surface area contributed by atoms with Crippen molar-refractivity contribution >= 4 is 36.6 Å². The molecule has 0 saturated heterocycles. The van der Waals surface area contributed by atoms with Crippen molar-refractivity contribution in [1.82, 2.24) is 15.5 Å². The lowest BCUT2D eigenvalue weighted by Crippen LogP contribution is -2.49. The number of hydrogen-bond donors (Lipinski definition) is 3. The second-order valence-electron chi connectivity index (χ2n) is 11.0. The highest BCUT2D eigenvalue weighted by Gasteiger charge is 2.35. The molecule has 0 unspecified atom stereocenters. The average Bonchev–Trinajstić information content (AvgIpc) is 3.28. The lowest BCUT2D eigenvalue weighted by molar-refractivity contribution is -0.137. The Kier molecular flexibility index (Phi) is 15.4. The molecule has 237 valence electrons. The van der Waals surface area contributed by atoms with Gasteiger partial charge in [-0.25, -0.2) is 0 Å². The monoisotopic (exact) mass is 602 g/mol. The quantitative estimate of drug-likeness (QED) is 0.0986. The van der Waals surface area contributed by atoms with Gasteiger partial charge in [0.05, 0.1) is 44.2 Å². The molecule has 0 aromatic heterocycles. The van der Waals surface area contributed by atoms with Gasteiger partial charge < -0.3 is 34.6 Å². The lowest BCUT2D eigenvalue weighted by Gasteiger charge is -2.37. The van der Waals surface area contributed by atoms with Gasteiger partial charge in [0, 0.05) is 44.6 Å². The highest BCUT2D eigenvalue weighted by Crippen LogP contribution is 2.24. The van der Waals surface area contributed by atoms with Crippen molar-refractivity contribution in [2.75, 3.05) is 52.7 Å². The molecule has 13 heteroatoms. The largest absolute Gasteiger partial charge is 0.494 e. The first-order chi connectivity index (χ1) is 20.4. The van der Waals surface area contributed by atoms with Crippen molar-refractivity contribution < 1.29 is 43.1 Å². The lowest BCUT2D eigenvalue weighted by atomic mass is 9.82. The SMILES string of the molecule is CC(C)(O)C(C)(C)O[B]c1ccc(OCCCCNC(=O)CCOCCOCCNC(=O)CCN2C(=O)C=CC2=O)cc1. The third-order valence-electron chi connectivity index (χ3n) is 6.88. The first-order valence-corrected chi connectivity index (χ1v) is 14.6. The van der Waals surface area contributed by atoms with Crippen LogP contribution in [0.4, 0.5) is 0 Å². The summed E-state index contributed by atoms with van der Waals surface area (Å²) in [5.74, 6) is -0.424. The predicted octanol–water partition coefficient (Wildman–Crippen LogP) is 0.627. The van der Waals surface area contributed by atoms with E-state index in [1.807, 2.05) is 38.1 Å². The molecule has 1 radical (unpaired) electrons. The molecule has 0 spiro atoms. The van der Waals surface area contributed by atoms with Crippen molar-refractivity contribution in [3.8, 4) is 5.75 Å². The summed E-state index contributed by atoms with van der Waals surface area (Å²) in [5.41, 5.74) is -0.843. The van der Waals surface area contributed by atoms with Gasteiger partial charge in [-0.3, -0.25) is 24.1 Å². The van der Waals surface area contributed by atoms with Gasteiger partial charge in [-0.05, 0) is 52.7 Å². The molecular weight excluding hydrogens is 557 g/mol. The maximum Gasteiger partial charge on any atom is 0.330 e. The van der Waals surface area contributed by atoms with Gasteiger partial charge in [-0.15, -0.1) is 0 Å². The van der Waals surface area contributed by atoms with Gasteiger partial charge >= 0.3 is 7.48 Å². The summed E-state index contributed by atoms with van der Waals surface area (Å²) in [6.07, 6.45) is 4.24. The van der Waals surface area contributed by atoms with E-state index in [2.05, 4.69) is 10.6 Å². The van der Waals surface area contributed by atoms with E-state index in [4.69, 9.17) is 18.9 Å². The molecule has 4 amide bonds. The van der Waals surface area contributed by atoms with Gasteiger partial charge in [-0.1, -0.05) is 17.6 Å². The number of rotatable bonds is 22.